The van der Waals surface area contributed by atoms with Crippen LogP contribution in [0.1, 0.15) is 18.2 Å². The predicted octanol–water partition coefficient (Wildman–Crippen LogP) is 3.37. The average Bonchev–Trinajstić information content (AvgIpc) is 2.88. The molecule has 1 heterocycles. The third kappa shape index (κ3) is 3.67. The minimum atomic E-state index is -0.436. The van der Waals surface area contributed by atoms with Gasteiger partial charge in [-0.05, 0) is 19.1 Å². The number of fused-ring (bicyclic) bond motifs is 1. The number of para-hydroxylation sites is 1. The molecular weight excluding hydrogens is 303 g/mol. The van der Waals surface area contributed by atoms with Crippen LogP contribution in [0.4, 0.5) is 0 Å². The molecule has 1 aromatic heterocycles. The van der Waals surface area contributed by atoms with Crippen LogP contribution in [0.15, 0.2) is 28.7 Å². The summed E-state index contributed by atoms with van der Waals surface area (Å²) >= 11 is 0. The molecule has 1 atom stereocenters. The number of benzene rings is 1. The second-order valence-corrected chi connectivity index (χ2v) is 4.90. The molecule has 0 spiro atoms. The number of hydrogen-bond donors (Lipinski definition) is 0. The largest absolute Gasteiger partial charge is 0.478 e. The maximum Gasteiger partial charge on any atom is 0.343 e. The van der Waals surface area contributed by atoms with E-state index in [9.17, 15) is 4.79 Å². The topological polar surface area (TPSA) is 57.9 Å². The Balaban J connectivity index is 2.41. The van der Waals surface area contributed by atoms with Gasteiger partial charge >= 0.3 is 5.97 Å². The molecule has 2 aromatic rings. The maximum absolute atomic E-state index is 11.2. The summed E-state index contributed by atoms with van der Waals surface area (Å²) in [7, 11) is 3.57. The van der Waals surface area contributed by atoms with Crippen LogP contribution in [0, 0.1) is 0 Å². The summed E-state index contributed by atoms with van der Waals surface area (Å²) in [6.07, 6.45) is 4.54. The lowest BCUT2D eigenvalue weighted by atomic mass is 10.1. The van der Waals surface area contributed by atoms with Crippen molar-refractivity contribution in [1.29, 1.82) is 0 Å². The zero-order valence-corrected chi connectivity index (χ0v) is 13.8. The first-order valence-corrected chi connectivity index (χ1v) is 7.36. The van der Waals surface area contributed by atoms with Crippen molar-refractivity contribution in [3.63, 3.8) is 0 Å². The number of hydrogen-bond acceptors (Lipinski definition) is 5. The molecule has 0 aliphatic rings. The first kappa shape index (κ1) is 16.5. The van der Waals surface area contributed by atoms with Gasteiger partial charge in [-0.3, -0.25) is 0 Å². The van der Waals surface area contributed by atoms with Gasteiger partial charge in [0.25, 0.3) is 0 Å². The van der Waals surface area contributed by atoms with E-state index >= 15 is 0 Å². The van der Waals surface area contributed by atoms with Crippen LogP contribution < -0.4 is 4.74 Å². The molecule has 2 rings (SSSR count). The van der Waals surface area contributed by atoms with Gasteiger partial charge in [0, 0.05) is 26.8 Å². The number of furan rings is 1. The second-order valence-electron chi connectivity index (χ2n) is 4.56. The fourth-order valence-electron chi connectivity index (χ4n) is 2.18. The van der Waals surface area contributed by atoms with E-state index < -0.39 is 5.97 Å². The first-order valence-electron chi connectivity index (χ1n) is 6.89. The lowest BCUT2D eigenvalue weighted by molar-refractivity contribution is -0.142. The second kappa shape index (κ2) is 7.97. The normalized spacial score (nSPS) is 11.2. The smallest absolute Gasteiger partial charge is 0.343 e. The molecule has 0 fully saturated rings. The number of carbonyl (C=O) groups is 1. The van der Waals surface area contributed by atoms with E-state index in [0.29, 0.717) is 17.9 Å². The van der Waals surface area contributed by atoms with Crippen molar-refractivity contribution in [1.82, 2.24) is 0 Å². The molecule has 6 heteroatoms. The first-order chi connectivity index (χ1) is 10.7. The Bertz CT molecular complexity index is 674. The van der Waals surface area contributed by atoms with E-state index in [1.165, 1.54) is 7.11 Å². The van der Waals surface area contributed by atoms with Crippen LogP contribution in [0.5, 0.6) is 5.75 Å². The van der Waals surface area contributed by atoms with Crippen LogP contribution in [-0.4, -0.2) is 26.3 Å². The van der Waals surface area contributed by atoms with Crippen LogP contribution in [0.2, 0.25) is 0 Å². The third-order valence-corrected chi connectivity index (χ3v) is 3.41. The Morgan fingerprint density at radius 1 is 1.41 bits per heavy atom. The minimum Gasteiger partial charge on any atom is -0.478 e. The van der Waals surface area contributed by atoms with E-state index in [2.05, 4.69) is 14.2 Å². The average molecular weight is 322 g/mol. The summed E-state index contributed by atoms with van der Waals surface area (Å²) in [5, 5.41) is 0.956. The van der Waals surface area contributed by atoms with E-state index in [0.717, 1.165) is 23.1 Å². The Kier molecular flexibility index (Phi) is 5.99. The van der Waals surface area contributed by atoms with Crippen LogP contribution in [0.3, 0.4) is 0 Å². The summed E-state index contributed by atoms with van der Waals surface area (Å²) in [6.45, 7) is 2.34. The molecule has 22 heavy (non-hydrogen) atoms. The van der Waals surface area contributed by atoms with Crippen molar-refractivity contribution in [2.24, 2.45) is 0 Å². The van der Waals surface area contributed by atoms with Crippen molar-refractivity contribution < 1.29 is 23.2 Å². The number of rotatable bonds is 7. The van der Waals surface area contributed by atoms with Gasteiger partial charge in [-0.15, -0.1) is 0 Å². The molecule has 1 unspecified atom stereocenters. The minimum absolute atomic E-state index is 0.153. The molecule has 0 amide bonds. The van der Waals surface area contributed by atoms with Crippen molar-refractivity contribution in [3.05, 3.63) is 35.6 Å². The molecule has 0 aliphatic carbocycles. The summed E-state index contributed by atoms with van der Waals surface area (Å²) in [5.41, 5.74) is 1.68. The van der Waals surface area contributed by atoms with Crippen LogP contribution in [0.25, 0.3) is 17.0 Å². The van der Waals surface area contributed by atoms with Crippen molar-refractivity contribution in [3.8, 4) is 5.75 Å². The molecule has 1 aromatic carbocycles. The molecular formula is C16H19O5P. The highest BCUT2D eigenvalue weighted by atomic mass is 31.0. The van der Waals surface area contributed by atoms with Gasteiger partial charge in [-0.2, -0.15) is 0 Å². The number of esters is 1. The Morgan fingerprint density at radius 2 is 2.23 bits per heavy atom. The number of ether oxygens (including phenoxy) is 2. The fraction of sp³-hybridized carbons (Fsp3) is 0.312. The number of carbonyl (C=O) groups excluding carboxylic acids is 1. The molecule has 5 nitrogen and oxygen atoms in total. The lowest BCUT2D eigenvalue weighted by Gasteiger charge is -2.05. The Morgan fingerprint density at radius 3 is 2.91 bits per heavy atom. The third-order valence-electron chi connectivity index (χ3n) is 3.17. The SMILES string of the molecule is C/C=C/c1oc2c(OCC(=O)OC)cccc2c1CCOP. The molecule has 0 aliphatic heterocycles. The zero-order chi connectivity index (χ0) is 15.9. The summed E-state index contributed by atoms with van der Waals surface area (Å²) < 4.78 is 21.1. The van der Waals surface area contributed by atoms with Gasteiger partial charge in [0.2, 0.25) is 0 Å². The van der Waals surface area contributed by atoms with E-state index in [4.69, 9.17) is 13.7 Å². The quantitative estimate of drug-likeness (QED) is 0.578. The molecule has 0 radical (unpaired) electrons. The highest BCUT2D eigenvalue weighted by Gasteiger charge is 2.16. The van der Waals surface area contributed by atoms with Gasteiger partial charge in [-0.1, -0.05) is 18.2 Å². The van der Waals surface area contributed by atoms with E-state index in [-0.39, 0.29) is 6.61 Å². The monoisotopic (exact) mass is 322 g/mol. The van der Waals surface area contributed by atoms with Crippen molar-refractivity contribution in [2.75, 3.05) is 20.3 Å². The highest BCUT2D eigenvalue weighted by Crippen LogP contribution is 2.34. The van der Waals surface area contributed by atoms with Gasteiger partial charge in [0.1, 0.15) is 5.76 Å². The molecule has 0 saturated heterocycles. The molecule has 118 valence electrons. The van der Waals surface area contributed by atoms with Crippen LogP contribution in [-0.2, 0) is 20.5 Å². The zero-order valence-electron chi connectivity index (χ0n) is 12.6. The fourth-order valence-corrected chi connectivity index (χ4v) is 2.29. The van der Waals surface area contributed by atoms with E-state index in [1.807, 2.05) is 31.2 Å². The molecule has 0 saturated carbocycles. The van der Waals surface area contributed by atoms with Crippen LogP contribution >= 0.6 is 9.47 Å². The standard InChI is InChI=1S/C16H19O5P/c1-3-5-13-11(8-9-20-22)12-6-4-7-14(16(12)21-13)19-10-15(17)18-2/h3-7H,8-10,22H2,1-2H3/b5-3+. The van der Waals surface area contributed by atoms with E-state index in [1.54, 1.807) is 6.07 Å². The van der Waals surface area contributed by atoms with Gasteiger partial charge in [0.15, 0.2) is 17.9 Å². The van der Waals surface area contributed by atoms with Crippen molar-refractivity contribution in [2.45, 2.75) is 13.3 Å². The van der Waals surface area contributed by atoms with Crippen molar-refractivity contribution >= 4 is 32.5 Å². The summed E-state index contributed by atoms with van der Waals surface area (Å²) in [4.78, 5) is 11.2. The van der Waals surface area contributed by atoms with Gasteiger partial charge < -0.3 is 18.4 Å². The van der Waals surface area contributed by atoms with Gasteiger partial charge in [0.05, 0.1) is 13.7 Å². The number of allylic oxidation sites excluding steroid dienone is 1. The number of methoxy groups -OCH3 is 1. The maximum atomic E-state index is 11.2. The Labute approximate surface area is 131 Å². The Hall–Kier alpha value is -1.84. The summed E-state index contributed by atoms with van der Waals surface area (Å²) in [5.74, 6) is 0.856. The molecule has 0 N–H and O–H groups in total. The molecule has 0 bridgehead atoms. The lowest BCUT2D eigenvalue weighted by Crippen LogP contribution is -2.12. The highest BCUT2D eigenvalue weighted by molar-refractivity contribution is 7.09. The van der Waals surface area contributed by atoms with Gasteiger partial charge in [-0.25, -0.2) is 4.79 Å². The summed E-state index contributed by atoms with van der Waals surface area (Å²) in [6, 6.07) is 5.61. The predicted molar refractivity (Wildman–Crippen MR) is 87.8 cm³/mol.